The summed E-state index contributed by atoms with van der Waals surface area (Å²) in [5, 5.41) is 20.2. The summed E-state index contributed by atoms with van der Waals surface area (Å²) in [7, 11) is 1.56. The number of nitro groups is 1. The van der Waals surface area contributed by atoms with Crippen molar-refractivity contribution in [3.05, 3.63) is 52.2 Å². The maximum absolute atomic E-state index is 11.1. The van der Waals surface area contributed by atoms with Crippen molar-refractivity contribution in [2.45, 2.75) is 9.92 Å². The van der Waals surface area contributed by atoms with E-state index < -0.39 is 4.92 Å². The third-order valence-corrected chi connectivity index (χ3v) is 3.47. The van der Waals surface area contributed by atoms with Gasteiger partial charge in [-0.25, -0.2) is 4.98 Å². The third kappa shape index (κ3) is 2.87. The maximum Gasteiger partial charge on any atom is 0.319 e. The van der Waals surface area contributed by atoms with Gasteiger partial charge in [-0.15, -0.1) is 0 Å². The maximum atomic E-state index is 11.1. The highest BCUT2D eigenvalue weighted by molar-refractivity contribution is 7.99. The van der Waals surface area contributed by atoms with E-state index >= 15 is 0 Å². The van der Waals surface area contributed by atoms with Crippen LogP contribution in [0.5, 0.6) is 5.75 Å². The Labute approximate surface area is 119 Å². The van der Waals surface area contributed by atoms with E-state index in [-0.39, 0.29) is 16.3 Å². The zero-order valence-electron chi connectivity index (χ0n) is 10.4. The minimum Gasteiger partial charge on any atom is -0.497 e. The van der Waals surface area contributed by atoms with Gasteiger partial charge in [-0.1, -0.05) is 11.8 Å². The fourth-order valence-corrected chi connectivity index (χ4v) is 2.42. The van der Waals surface area contributed by atoms with Crippen molar-refractivity contribution in [3.8, 4) is 11.8 Å². The molecule has 20 heavy (non-hydrogen) atoms. The van der Waals surface area contributed by atoms with Crippen molar-refractivity contribution >= 4 is 17.4 Å². The van der Waals surface area contributed by atoms with Crippen LogP contribution >= 0.6 is 11.8 Å². The molecule has 0 amide bonds. The number of pyridine rings is 1. The molecule has 0 saturated heterocycles. The summed E-state index contributed by atoms with van der Waals surface area (Å²) < 4.78 is 5.04. The number of hydrogen-bond acceptors (Lipinski definition) is 6. The Morgan fingerprint density at radius 3 is 2.60 bits per heavy atom. The van der Waals surface area contributed by atoms with Crippen molar-refractivity contribution in [1.82, 2.24) is 4.98 Å². The summed E-state index contributed by atoms with van der Waals surface area (Å²) in [4.78, 5) is 15.2. The van der Waals surface area contributed by atoms with Crippen LogP contribution in [0.25, 0.3) is 0 Å². The molecule has 6 nitrogen and oxygen atoms in total. The number of nitriles is 1. The lowest BCUT2D eigenvalue weighted by atomic mass is 10.2. The predicted octanol–water partition coefficient (Wildman–Crippen LogP) is 3.02. The van der Waals surface area contributed by atoms with Gasteiger partial charge in [0.1, 0.15) is 17.4 Å². The van der Waals surface area contributed by atoms with Gasteiger partial charge in [-0.2, -0.15) is 5.26 Å². The molecule has 0 radical (unpaired) electrons. The van der Waals surface area contributed by atoms with Crippen molar-refractivity contribution in [2.24, 2.45) is 0 Å². The van der Waals surface area contributed by atoms with Crippen LogP contribution in [-0.2, 0) is 0 Å². The first-order chi connectivity index (χ1) is 9.65. The van der Waals surface area contributed by atoms with Gasteiger partial charge in [0.15, 0.2) is 5.03 Å². The fraction of sp³-hybridized carbons (Fsp3) is 0.0769. The number of rotatable bonds is 4. The molecule has 0 aliphatic rings. The van der Waals surface area contributed by atoms with Crippen LogP contribution in [0.4, 0.5) is 5.69 Å². The molecule has 0 atom stereocenters. The van der Waals surface area contributed by atoms with Crippen molar-refractivity contribution in [1.29, 1.82) is 5.26 Å². The normalized spacial score (nSPS) is 9.80. The van der Waals surface area contributed by atoms with Gasteiger partial charge in [0.25, 0.3) is 0 Å². The van der Waals surface area contributed by atoms with Crippen LogP contribution in [-0.4, -0.2) is 17.0 Å². The number of ether oxygens (including phenoxy) is 1. The molecule has 7 heteroatoms. The molecule has 0 N–H and O–H groups in total. The highest BCUT2D eigenvalue weighted by atomic mass is 32.2. The lowest BCUT2D eigenvalue weighted by molar-refractivity contribution is -0.388. The quantitative estimate of drug-likeness (QED) is 0.634. The SMILES string of the molecule is COc1ccc(Sc2nccc(C#N)c2[N+](=O)[O-])cc1. The zero-order chi connectivity index (χ0) is 14.5. The summed E-state index contributed by atoms with van der Waals surface area (Å²) in [5.41, 5.74) is -0.267. The molecule has 100 valence electrons. The molecule has 0 spiro atoms. The Morgan fingerprint density at radius 2 is 2.05 bits per heavy atom. The third-order valence-electron chi connectivity index (χ3n) is 2.47. The van der Waals surface area contributed by atoms with Crippen molar-refractivity contribution in [3.63, 3.8) is 0 Å². The molecule has 1 heterocycles. The van der Waals surface area contributed by atoms with Gasteiger partial charge >= 0.3 is 5.69 Å². The second kappa shape index (κ2) is 6.04. The van der Waals surface area contributed by atoms with E-state index in [4.69, 9.17) is 10.00 Å². The Bertz CT molecular complexity index is 680. The molecule has 2 aromatic rings. The Balaban J connectivity index is 2.38. The van der Waals surface area contributed by atoms with E-state index in [1.54, 1.807) is 37.4 Å². The zero-order valence-corrected chi connectivity index (χ0v) is 11.3. The summed E-state index contributed by atoms with van der Waals surface area (Å²) in [6.07, 6.45) is 1.39. The van der Waals surface area contributed by atoms with Crippen LogP contribution in [0.15, 0.2) is 46.5 Å². The van der Waals surface area contributed by atoms with Gasteiger partial charge in [0.2, 0.25) is 0 Å². The number of hydrogen-bond donors (Lipinski definition) is 0. The first-order valence-corrected chi connectivity index (χ1v) is 6.32. The largest absolute Gasteiger partial charge is 0.497 e. The van der Waals surface area contributed by atoms with E-state index in [0.29, 0.717) is 5.75 Å². The van der Waals surface area contributed by atoms with Crippen LogP contribution in [0.2, 0.25) is 0 Å². The highest BCUT2D eigenvalue weighted by Gasteiger charge is 2.21. The average Bonchev–Trinajstić information content (AvgIpc) is 2.47. The molecular formula is C13H9N3O3S. The molecule has 0 fully saturated rings. The van der Waals surface area contributed by atoms with Crippen molar-refractivity contribution in [2.75, 3.05) is 7.11 Å². The summed E-state index contributed by atoms with van der Waals surface area (Å²) in [6.45, 7) is 0. The van der Waals surface area contributed by atoms with Crippen LogP contribution < -0.4 is 4.74 Å². The molecule has 2 rings (SSSR count). The average molecular weight is 287 g/mol. The van der Waals surface area contributed by atoms with Gasteiger partial charge in [0.05, 0.1) is 12.0 Å². The number of methoxy groups -OCH3 is 1. The monoisotopic (exact) mass is 287 g/mol. The molecule has 0 unspecified atom stereocenters. The van der Waals surface area contributed by atoms with Crippen LogP contribution in [0, 0.1) is 21.4 Å². The first kappa shape index (κ1) is 13.8. The lowest BCUT2D eigenvalue weighted by Crippen LogP contribution is -1.96. The number of aromatic nitrogens is 1. The highest BCUT2D eigenvalue weighted by Crippen LogP contribution is 2.35. The van der Waals surface area contributed by atoms with Crippen molar-refractivity contribution < 1.29 is 9.66 Å². The lowest BCUT2D eigenvalue weighted by Gasteiger charge is -2.04. The van der Waals surface area contributed by atoms with Gasteiger partial charge in [-0.05, 0) is 30.3 Å². The van der Waals surface area contributed by atoms with Gasteiger partial charge in [0, 0.05) is 11.1 Å². The first-order valence-electron chi connectivity index (χ1n) is 5.51. The molecule has 1 aromatic heterocycles. The van der Waals surface area contributed by atoms with Gasteiger partial charge in [-0.3, -0.25) is 10.1 Å². The summed E-state index contributed by atoms with van der Waals surface area (Å²) >= 11 is 1.13. The van der Waals surface area contributed by atoms with E-state index in [1.165, 1.54) is 12.3 Å². The molecule has 0 aliphatic heterocycles. The van der Waals surface area contributed by atoms with E-state index in [9.17, 15) is 10.1 Å². The topological polar surface area (TPSA) is 89.0 Å². The Morgan fingerprint density at radius 1 is 1.35 bits per heavy atom. The Kier molecular flexibility index (Phi) is 4.17. The Hall–Kier alpha value is -2.59. The minimum absolute atomic E-state index is 0.000937. The molecule has 1 aromatic carbocycles. The minimum atomic E-state index is -0.586. The van der Waals surface area contributed by atoms with E-state index in [0.717, 1.165) is 16.7 Å². The molecule has 0 bridgehead atoms. The van der Waals surface area contributed by atoms with E-state index in [1.807, 2.05) is 0 Å². The second-order valence-corrected chi connectivity index (χ2v) is 4.72. The number of benzene rings is 1. The second-order valence-electron chi connectivity index (χ2n) is 3.66. The summed E-state index contributed by atoms with van der Waals surface area (Å²) in [6, 6.07) is 10.2. The smallest absolute Gasteiger partial charge is 0.319 e. The fourth-order valence-electron chi connectivity index (χ4n) is 1.53. The van der Waals surface area contributed by atoms with Crippen LogP contribution in [0.1, 0.15) is 5.56 Å². The summed E-state index contributed by atoms with van der Waals surface area (Å²) in [5.74, 6) is 0.697. The standard InChI is InChI=1S/C13H9N3O3S/c1-19-10-2-4-11(5-3-10)20-13-12(16(17)18)9(8-14)6-7-15-13/h2-7H,1H3. The van der Waals surface area contributed by atoms with Crippen LogP contribution in [0.3, 0.4) is 0 Å². The molecule has 0 saturated carbocycles. The van der Waals surface area contributed by atoms with E-state index in [2.05, 4.69) is 4.98 Å². The van der Waals surface area contributed by atoms with Gasteiger partial charge < -0.3 is 4.74 Å². The number of nitrogens with zero attached hydrogens (tertiary/aromatic N) is 3. The molecular weight excluding hydrogens is 278 g/mol. The predicted molar refractivity (Wildman–Crippen MR) is 72.7 cm³/mol. The molecule has 0 aliphatic carbocycles.